The molecule has 1 aliphatic carbocycles. The van der Waals surface area contributed by atoms with Crippen LogP contribution in [0.1, 0.15) is 49.9 Å². The topological polar surface area (TPSA) is 20.3 Å². The van der Waals surface area contributed by atoms with Gasteiger partial charge in [0.25, 0.3) is 0 Å². The quantitative estimate of drug-likeness (QED) is 0.753. The molecule has 2 rings (SSSR count). The average Bonchev–Trinajstić information content (AvgIpc) is 2.38. The number of hydrogen-bond acceptors (Lipinski definition) is 2. The van der Waals surface area contributed by atoms with Crippen molar-refractivity contribution in [3.8, 4) is 0 Å². The van der Waals surface area contributed by atoms with Crippen molar-refractivity contribution in [2.24, 2.45) is 5.92 Å². The summed E-state index contributed by atoms with van der Waals surface area (Å²) in [5.41, 5.74) is 1.93. The van der Waals surface area contributed by atoms with Crippen LogP contribution >= 0.6 is 0 Å². The second kappa shape index (κ2) is 5.55. The number of anilines is 1. The Morgan fingerprint density at radius 3 is 2.56 bits per heavy atom. The largest absolute Gasteiger partial charge is 0.371 e. The molecule has 1 aliphatic rings. The SMILES string of the molecule is CC(=O)c1ccccc1N(C)C1CCCCC1C. The summed E-state index contributed by atoms with van der Waals surface area (Å²) in [5, 5.41) is 0. The fourth-order valence-electron chi connectivity index (χ4n) is 3.13. The van der Waals surface area contributed by atoms with Crippen LogP contribution in [-0.4, -0.2) is 18.9 Å². The monoisotopic (exact) mass is 245 g/mol. The van der Waals surface area contributed by atoms with Crippen molar-refractivity contribution >= 4 is 11.5 Å². The minimum atomic E-state index is 0.154. The number of Topliss-reactive ketones (excluding diaryl/α,β-unsaturated/α-hetero) is 1. The van der Waals surface area contributed by atoms with Crippen LogP contribution in [-0.2, 0) is 0 Å². The highest BCUT2D eigenvalue weighted by Gasteiger charge is 2.26. The van der Waals surface area contributed by atoms with Crippen molar-refractivity contribution in [1.82, 2.24) is 0 Å². The fraction of sp³-hybridized carbons (Fsp3) is 0.562. The summed E-state index contributed by atoms with van der Waals surface area (Å²) >= 11 is 0. The molecule has 0 amide bonds. The van der Waals surface area contributed by atoms with Crippen LogP contribution in [0.5, 0.6) is 0 Å². The highest BCUT2D eigenvalue weighted by Crippen LogP contribution is 2.32. The van der Waals surface area contributed by atoms with Gasteiger partial charge in [-0.1, -0.05) is 31.9 Å². The van der Waals surface area contributed by atoms with Gasteiger partial charge in [-0.25, -0.2) is 0 Å². The lowest BCUT2D eigenvalue weighted by Gasteiger charge is -2.38. The Kier molecular flexibility index (Phi) is 4.05. The smallest absolute Gasteiger partial charge is 0.161 e. The van der Waals surface area contributed by atoms with Gasteiger partial charge in [-0.3, -0.25) is 4.79 Å². The van der Waals surface area contributed by atoms with E-state index in [4.69, 9.17) is 0 Å². The molecule has 1 aromatic carbocycles. The Bertz CT molecular complexity index is 427. The normalized spacial score (nSPS) is 23.7. The van der Waals surface area contributed by atoms with Gasteiger partial charge in [0.1, 0.15) is 0 Å². The highest BCUT2D eigenvalue weighted by molar-refractivity contribution is 5.99. The minimum Gasteiger partial charge on any atom is -0.371 e. The Morgan fingerprint density at radius 1 is 1.22 bits per heavy atom. The summed E-state index contributed by atoms with van der Waals surface area (Å²) in [5.74, 6) is 0.865. The van der Waals surface area contributed by atoms with E-state index in [0.717, 1.165) is 11.3 Å². The first kappa shape index (κ1) is 13.1. The third-order valence-corrected chi connectivity index (χ3v) is 4.23. The van der Waals surface area contributed by atoms with E-state index in [2.05, 4.69) is 24.9 Å². The Balaban J connectivity index is 2.27. The molecule has 0 aliphatic heterocycles. The molecule has 1 aromatic rings. The molecule has 0 spiro atoms. The molecule has 2 unspecified atom stereocenters. The average molecular weight is 245 g/mol. The molecule has 2 nitrogen and oxygen atoms in total. The molecule has 0 aromatic heterocycles. The summed E-state index contributed by atoms with van der Waals surface area (Å²) in [6.45, 7) is 3.98. The lowest BCUT2D eigenvalue weighted by atomic mass is 9.84. The van der Waals surface area contributed by atoms with Gasteiger partial charge in [-0.2, -0.15) is 0 Å². The minimum absolute atomic E-state index is 0.154. The molecule has 2 atom stereocenters. The summed E-state index contributed by atoms with van der Waals surface area (Å²) in [6.07, 6.45) is 5.20. The van der Waals surface area contributed by atoms with E-state index < -0.39 is 0 Å². The van der Waals surface area contributed by atoms with E-state index in [1.165, 1.54) is 25.7 Å². The van der Waals surface area contributed by atoms with E-state index in [-0.39, 0.29) is 5.78 Å². The maximum Gasteiger partial charge on any atom is 0.161 e. The number of para-hydroxylation sites is 1. The van der Waals surface area contributed by atoms with E-state index in [9.17, 15) is 4.79 Å². The van der Waals surface area contributed by atoms with E-state index >= 15 is 0 Å². The molecule has 1 fully saturated rings. The first-order valence-electron chi connectivity index (χ1n) is 6.94. The number of benzene rings is 1. The van der Waals surface area contributed by atoms with Gasteiger partial charge in [0.15, 0.2) is 5.78 Å². The first-order valence-corrected chi connectivity index (χ1v) is 6.94. The Morgan fingerprint density at radius 2 is 1.89 bits per heavy atom. The van der Waals surface area contributed by atoms with E-state index in [1.807, 2.05) is 18.2 Å². The standard InChI is InChI=1S/C16H23NO/c1-12-8-4-6-10-15(12)17(3)16-11-7-5-9-14(16)13(2)18/h5,7,9,11-12,15H,4,6,8,10H2,1-3H3. The van der Waals surface area contributed by atoms with E-state index in [1.54, 1.807) is 6.92 Å². The van der Waals surface area contributed by atoms with Gasteiger partial charge in [0.05, 0.1) is 0 Å². The van der Waals surface area contributed by atoms with Crippen LogP contribution < -0.4 is 4.90 Å². The molecular weight excluding hydrogens is 222 g/mol. The van der Waals surface area contributed by atoms with Gasteiger partial charge >= 0.3 is 0 Å². The molecule has 0 bridgehead atoms. The number of nitrogens with zero attached hydrogens (tertiary/aromatic N) is 1. The third-order valence-electron chi connectivity index (χ3n) is 4.23. The fourth-order valence-corrected chi connectivity index (χ4v) is 3.13. The number of rotatable bonds is 3. The van der Waals surface area contributed by atoms with Gasteiger partial charge in [-0.15, -0.1) is 0 Å². The molecule has 2 heteroatoms. The van der Waals surface area contributed by atoms with Crippen LogP contribution in [0.25, 0.3) is 0 Å². The predicted molar refractivity (Wildman–Crippen MR) is 76.3 cm³/mol. The second-order valence-corrected chi connectivity index (χ2v) is 5.51. The maximum atomic E-state index is 11.7. The van der Waals surface area contributed by atoms with Gasteiger partial charge < -0.3 is 4.90 Å². The zero-order chi connectivity index (χ0) is 13.1. The predicted octanol–water partition coefficient (Wildman–Crippen LogP) is 3.90. The third kappa shape index (κ3) is 2.58. The zero-order valence-electron chi connectivity index (χ0n) is 11.6. The lowest BCUT2D eigenvalue weighted by Crippen LogP contribution is -2.39. The van der Waals surface area contributed by atoms with Gasteiger partial charge in [0, 0.05) is 24.3 Å². The van der Waals surface area contributed by atoms with Crippen LogP contribution in [0.2, 0.25) is 0 Å². The summed E-state index contributed by atoms with van der Waals surface area (Å²) < 4.78 is 0. The van der Waals surface area contributed by atoms with Crippen molar-refractivity contribution in [3.63, 3.8) is 0 Å². The number of ketones is 1. The van der Waals surface area contributed by atoms with Gasteiger partial charge in [0.2, 0.25) is 0 Å². The van der Waals surface area contributed by atoms with Crippen LogP contribution in [0.3, 0.4) is 0 Å². The highest BCUT2D eigenvalue weighted by atomic mass is 16.1. The van der Waals surface area contributed by atoms with Crippen LogP contribution in [0.4, 0.5) is 5.69 Å². The molecule has 18 heavy (non-hydrogen) atoms. The summed E-state index contributed by atoms with van der Waals surface area (Å²) in [4.78, 5) is 14.0. The molecule has 0 N–H and O–H groups in total. The second-order valence-electron chi connectivity index (χ2n) is 5.51. The summed E-state index contributed by atoms with van der Waals surface area (Å²) in [7, 11) is 2.13. The molecule has 0 heterocycles. The van der Waals surface area contributed by atoms with Gasteiger partial charge in [-0.05, 0) is 37.8 Å². The van der Waals surface area contributed by atoms with Crippen molar-refractivity contribution < 1.29 is 4.79 Å². The van der Waals surface area contributed by atoms with Crippen molar-refractivity contribution in [2.75, 3.05) is 11.9 Å². The Labute approximate surface area is 110 Å². The molecular formula is C16H23NO. The molecule has 0 radical (unpaired) electrons. The first-order chi connectivity index (χ1) is 8.61. The lowest BCUT2D eigenvalue weighted by molar-refractivity contribution is 0.101. The van der Waals surface area contributed by atoms with Crippen LogP contribution in [0.15, 0.2) is 24.3 Å². The van der Waals surface area contributed by atoms with Crippen LogP contribution in [0, 0.1) is 5.92 Å². The van der Waals surface area contributed by atoms with Crippen molar-refractivity contribution in [3.05, 3.63) is 29.8 Å². The zero-order valence-corrected chi connectivity index (χ0v) is 11.6. The van der Waals surface area contributed by atoms with E-state index in [0.29, 0.717) is 12.0 Å². The molecule has 98 valence electrons. The summed E-state index contributed by atoms with van der Waals surface area (Å²) in [6, 6.07) is 8.53. The maximum absolute atomic E-state index is 11.7. The number of carbonyl (C=O) groups excluding carboxylic acids is 1. The Hall–Kier alpha value is -1.31. The molecule has 0 saturated heterocycles. The van der Waals surface area contributed by atoms with Crippen molar-refractivity contribution in [2.45, 2.75) is 45.6 Å². The van der Waals surface area contributed by atoms with Crippen molar-refractivity contribution in [1.29, 1.82) is 0 Å². The molecule has 1 saturated carbocycles. The number of hydrogen-bond donors (Lipinski definition) is 0. The number of carbonyl (C=O) groups is 1.